The van der Waals surface area contributed by atoms with Crippen LogP contribution in [0, 0.1) is 0 Å². The summed E-state index contributed by atoms with van der Waals surface area (Å²) in [5, 5.41) is 3.41. The normalized spacial score (nSPS) is 12.0. The summed E-state index contributed by atoms with van der Waals surface area (Å²) in [7, 11) is 1.38. The van der Waals surface area contributed by atoms with Crippen LogP contribution in [0.25, 0.3) is 0 Å². The monoisotopic (exact) mass is 348 g/mol. The first-order valence-electron chi connectivity index (χ1n) is 6.63. The molecule has 1 N–H and O–H groups in total. The van der Waals surface area contributed by atoms with E-state index in [9.17, 15) is 4.79 Å². The van der Waals surface area contributed by atoms with Gasteiger partial charge < -0.3 is 10.1 Å². The topological polar surface area (TPSA) is 51.2 Å². The summed E-state index contributed by atoms with van der Waals surface area (Å²) in [5.74, 6) is -0.336. The number of carbonyl (C=O) groups is 1. The first kappa shape index (κ1) is 15.7. The fourth-order valence-corrected chi connectivity index (χ4v) is 2.45. The highest BCUT2D eigenvalue weighted by molar-refractivity contribution is 9.10. The number of halogens is 1. The first-order chi connectivity index (χ1) is 10.1. The molecule has 0 saturated heterocycles. The largest absolute Gasteiger partial charge is 0.465 e. The molecule has 0 radical (unpaired) electrons. The summed E-state index contributed by atoms with van der Waals surface area (Å²) in [6.07, 6.45) is 1.79. The molecule has 110 valence electrons. The number of nitrogens with one attached hydrogen (secondary N) is 1. The highest BCUT2D eigenvalue weighted by Crippen LogP contribution is 2.20. The molecule has 1 aromatic heterocycles. The molecule has 0 bridgehead atoms. The van der Waals surface area contributed by atoms with Gasteiger partial charge in [0.15, 0.2) is 0 Å². The molecule has 0 aliphatic rings. The molecule has 0 saturated carbocycles. The van der Waals surface area contributed by atoms with Gasteiger partial charge in [0.2, 0.25) is 0 Å². The van der Waals surface area contributed by atoms with E-state index in [-0.39, 0.29) is 12.0 Å². The quantitative estimate of drug-likeness (QED) is 0.840. The molecular formula is C16H17BrN2O2. The van der Waals surface area contributed by atoms with Gasteiger partial charge in [-0.25, -0.2) is 4.79 Å². The van der Waals surface area contributed by atoms with Crippen LogP contribution in [-0.4, -0.2) is 18.1 Å². The van der Waals surface area contributed by atoms with E-state index < -0.39 is 0 Å². The third kappa shape index (κ3) is 4.12. The summed E-state index contributed by atoms with van der Waals surface area (Å²) in [6, 6.07) is 11.5. The van der Waals surface area contributed by atoms with Crippen molar-refractivity contribution in [2.24, 2.45) is 0 Å². The maximum absolute atomic E-state index is 11.5. The zero-order chi connectivity index (χ0) is 15.2. The van der Waals surface area contributed by atoms with Gasteiger partial charge in [0, 0.05) is 23.3 Å². The van der Waals surface area contributed by atoms with Crippen LogP contribution < -0.4 is 5.32 Å². The standard InChI is InChI=1S/C16H17BrN2O2/c1-11(15-5-3-4-8-18-15)19-10-13-7-6-12(9-14(13)17)16(20)21-2/h3-9,11,19H,10H2,1-2H3/t11-/m0/s1. The van der Waals surface area contributed by atoms with Gasteiger partial charge in [-0.2, -0.15) is 0 Å². The smallest absolute Gasteiger partial charge is 0.337 e. The van der Waals surface area contributed by atoms with Gasteiger partial charge in [0.1, 0.15) is 0 Å². The molecule has 1 heterocycles. The summed E-state index contributed by atoms with van der Waals surface area (Å²) in [6.45, 7) is 2.75. The van der Waals surface area contributed by atoms with Crippen molar-refractivity contribution in [3.05, 3.63) is 63.9 Å². The highest BCUT2D eigenvalue weighted by atomic mass is 79.9. The van der Waals surface area contributed by atoms with Gasteiger partial charge in [-0.1, -0.05) is 28.1 Å². The summed E-state index contributed by atoms with van der Waals surface area (Å²) in [4.78, 5) is 15.8. The molecule has 0 aliphatic heterocycles. The number of methoxy groups -OCH3 is 1. The Kier molecular flexibility index (Phi) is 5.47. The molecule has 1 aromatic carbocycles. The van der Waals surface area contributed by atoms with Gasteiger partial charge >= 0.3 is 5.97 Å². The van der Waals surface area contributed by atoms with Crippen molar-refractivity contribution in [3.8, 4) is 0 Å². The minimum absolute atomic E-state index is 0.151. The van der Waals surface area contributed by atoms with Gasteiger partial charge in [-0.05, 0) is 36.8 Å². The fraction of sp³-hybridized carbons (Fsp3) is 0.250. The molecule has 0 amide bonds. The van der Waals surface area contributed by atoms with E-state index in [0.717, 1.165) is 15.7 Å². The van der Waals surface area contributed by atoms with Crippen LogP contribution in [-0.2, 0) is 11.3 Å². The number of rotatable bonds is 5. The number of hydrogen-bond acceptors (Lipinski definition) is 4. The van der Waals surface area contributed by atoms with Crippen LogP contribution in [0.3, 0.4) is 0 Å². The lowest BCUT2D eigenvalue weighted by atomic mass is 10.1. The summed E-state index contributed by atoms with van der Waals surface area (Å²) < 4.78 is 5.58. The summed E-state index contributed by atoms with van der Waals surface area (Å²) >= 11 is 3.49. The molecule has 0 unspecified atom stereocenters. The van der Waals surface area contributed by atoms with Crippen LogP contribution in [0.15, 0.2) is 47.1 Å². The number of benzene rings is 1. The third-order valence-corrected chi connectivity index (χ3v) is 3.94. The second-order valence-corrected chi connectivity index (χ2v) is 5.51. The van der Waals surface area contributed by atoms with Crippen molar-refractivity contribution in [3.63, 3.8) is 0 Å². The minimum Gasteiger partial charge on any atom is -0.465 e. The molecule has 1 atom stereocenters. The van der Waals surface area contributed by atoms with E-state index >= 15 is 0 Å². The highest BCUT2D eigenvalue weighted by Gasteiger charge is 2.10. The second-order valence-electron chi connectivity index (χ2n) is 4.65. The van der Waals surface area contributed by atoms with Crippen LogP contribution in [0.1, 0.15) is 34.6 Å². The maximum atomic E-state index is 11.5. The van der Waals surface area contributed by atoms with Gasteiger partial charge in [-0.15, -0.1) is 0 Å². The lowest BCUT2D eigenvalue weighted by Gasteiger charge is -2.14. The van der Waals surface area contributed by atoms with Gasteiger partial charge in [-0.3, -0.25) is 4.98 Å². The predicted octanol–water partition coefficient (Wildman–Crippen LogP) is 3.48. The van der Waals surface area contributed by atoms with E-state index in [1.54, 1.807) is 18.3 Å². The average Bonchev–Trinajstić information content (AvgIpc) is 2.53. The Morgan fingerprint density at radius 1 is 1.38 bits per heavy atom. The Hall–Kier alpha value is -1.72. The van der Waals surface area contributed by atoms with Gasteiger partial charge in [0.05, 0.1) is 18.4 Å². The molecule has 21 heavy (non-hydrogen) atoms. The second kappa shape index (κ2) is 7.33. The number of pyridine rings is 1. The van der Waals surface area contributed by atoms with Crippen molar-refractivity contribution in [2.45, 2.75) is 19.5 Å². The molecular weight excluding hydrogens is 332 g/mol. The maximum Gasteiger partial charge on any atom is 0.337 e. The molecule has 0 spiro atoms. The number of hydrogen-bond donors (Lipinski definition) is 1. The lowest BCUT2D eigenvalue weighted by Crippen LogP contribution is -2.19. The molecule has 0 fully saturated rings. The van der Waals surface area contributed by atoms with Crippen molar-refractivity contribution in [1.82, 2.24) is 10.3 Å². The van der Waals surface area contributed by atoms with E-state index in [4.69, 9.17) is 4.74 Å². The Morgan fingerprint density at radius 3 is 2.81 bits per heavy atom. The Balaban J connectivity index is 2.02. The summed E-state index contributed by atoms with van der Waals surface area (Å²) in [5.41, 5.74) is 2.61. The van der Waals surface area contributed by atoms with E-state index in [1.807, 2.05) is 24.3 Å². The number of carbonyl (C=O) groups excluding carboxylic acids is 1. The van der Waals surface area contributed by atoms with Crippen molar-refractivity contribution < 1.29 is 9.53 Å². The Labute approximate surface area is 132 Å². The molecule has 5 heteroatoms. The van der Waals surface area contributed by atoms with Crippen LogP contribution >= 0.6 is 15.9 Å². The number of esters is 1. The lowest BCUT2D eigenvalue weighted by molar-refractivity contribution is 0.0600. The Bertz CT molecular complexity index is 617. The Morgan fingerprint density at radius 2 is 2.19 bits per heavy atom. The minimum atomic E-state index is -0.336. The molecule has 2 aromatic rings. The molecule has 0 aliphatic carbocycles. The average molecular weight is 349 g/mol. The van der Waals surface area contributed by atoms with Crippen molar-refractivity contribution in [1.29, 1.82) is 0 Å². The van der Waals surface area contributed by atoms with E-state index in [2.05, 4.69) is 33.2 Å². The van der Waals surface area contributed by atoms with Crippen molar-refractivity contribution >= 4 is 21.9 Å². The number of ether oxygens (including phenoxy) is 1. The SMILES string of the molecule is COC(=O)c1ccc(CN[C@@H](C)c2ccccn2)c(Br)c1. The molecule has 4 nitrogen and oxygen atoms in total. The molecule has 2 rings (SSSR count). The number of nitrogens with zero attached hydrogens (tertiary/aromatic N) is 1. The van der Waals surface area contributed by atoms with Gasteiger partial charge in [0.25, 0.3) is 0 Å². The fourth-order valence-electron chi connectivity index (χ4n) is 1.94. The first-order valence-corrected chi connectivity index (χ1v) is 7.42. The van der Waals surface area contributed by atoms with Crippen LogP contribution in [0.5, 0.6) is 0 Å². The van der Waals surface area contributed by atoms with Crippen LogP contribution in [0.4, 0.5) is 0 Å². The third-order valence-electron chi connectivity index (χ3n) is 3.20. The van der Waals surface area contributed by atoms with Crippen molar-refractivity contribution in [2.75, 3.05) is 7.11 Å². The zero-order valence-electron chi connectivity index (χ0n) is 12.0. The zero-order valence-corrected chi connectivity index (χ0v) is 13.6. The number of aromatic nitrogens is 1. The van der Waals surface area contributed by atoms with Crippen LogP contribution in [0.2, 0.25) is 0 Å². The van der Waals surface area contributed by atoms with E-state index in [0.29, 0.717) is 12.1 Å². The van der Waals surface area contributed by atoms with E-state index in [1.165, 1.54) is 7.11 Å². The predicted molar refractivity (Wildman–Crippen MR) is 85.0 cm³/mol.